The van der Waals surface area contributed by atoms with Gasteiger partial charge in [-0.1, -0.05) is 0 Å². The summed E-state index contributed by atoms with van der Waals surface area (Å²) in [5.41, 5.74) is 5.63. The predicted molar refractivity (Wildman–Crippen MR) is 45.3 cm³/mol. The highest BCUT2D eigenvalue weighted by molar-refractivity contribution is 4.76. The molecule has 0 aliphatic carbocycles. The topological polar surface area (TPSA) is 49.5 Å². The van der Waals surface area contributed by atoms with Crippen LogP contribution in [-0.4, -0.2) is 42.8 Å². The minimum Gasteiger partial charge on any atom is -0.395 e. The van der Waals surface area contributed by atoms with Gasteiger partial charge in [0.1, 0.15) is 0 Å². The molecule has 1 rings (SSSR count). The van der Waals surface area contributed by atoms with E-state index in [-0.39, 0.29) is 12.6 Å². The molecular weight excluding hydrogens is 140 g/mol. The molecule has 0 radical (unpaired) electrons. The first-order chi connectivity index (χ1) is 5.22. The number of aliphatic hydroxyl groups excluding tert-OH is 1. The van der Waals surface area contributed by atoms with Gasteiger partial charge in [0.05, 0.1) is 6.61 Å². The third-order valence-corrected chi connectivity index (χ3v) is 2.36. The predicted octanol–water partition coefficient (Wildman–Crippen LogP) is -0.352. The van der Waals surface area contributed by atoms with Crippen molar-refractivity contribution in [2.75, 3.05) is 26.7 Å². The Balaban J connectivity index is 2.17. The molecule has 0 saturated carbocycles. The lowest BCUT2D eigenvalue weighted by molar-refractivity contribution is 0.244. The molecule has 0 spiro atoms. The largest absolute Gasteiger partial charge is 0.395 e. The van der Waals surface area contributed by atoms with Crippen molar-refractivity contribution in [3.05, 3.63) is 0 Å². The molecule has 3 N–H and O–H groups in total. The molecule has 2 unspecified atom stereocenters. The summed E-state index contributed by atoms with van der Waals surface area (Å²) in [6.45, 7) is 2.46. The van der Waals surface area contributed by atoms with Gasteiger partial charge in [-0.2, -0.15) is 0 Å². The summed E-state index contributed by atoms with van der Waals surface area (Å²) in [6.07, 6.45) is 2.21. The molecule has 1 fully saturated rings. The normalized spacial score (nSPS) is 29.2. The van der Waals surface area contributed by atoms with Gasteiger partial charge in [-0.25, -0.2) is 0 Å². The Labute approximate surface area is 68.2 Å². The van der Waals surface area contributed by atoms with E-state index in [1.165, 1.54) is 13.0 Å². The van der Waals surface area contributed by atoms with Crippen molar-refractivity contribution < 1.29 is 5.11 Å². The molecule has 11 heavy (non-hydrogen) atoms. The summed E-state index contributed by atoms with van der Waals surface area (Å²) in [5, 5.41) is 8.72. The van der Waals surface area contributed by atoms with E-state index >= 15 is 0 Å². The second-order valence-corrected chi connectivity index (χ2v) is 3.60. The second kappa shape index (κ2) is 4.04. The van der Waals surface area contributed by atoms with Crippen LogP contribution in [-0.2, 0) is 0 Å². The Hall–Kier alpha value is -0.120. The van der Waals surface area contributed by atoms with Gasteiger partial charge in [0.25, 0.3) is 0 Å². The van der Waals surface area contributed by atoms with Crippen molar-refractivity contribution in [1.29, 1.82) is 0 Å². The Kier molecular flexibility index (Phi) is 3.30. The number of likely N-dealkylation sites (tertiary alicyclic amines) is 1. The molecular formula is C8H18N2O. The number of hydrogen-bond donors (Lipinski definition) is 2. The van der Waals surface area contributed by atoms with Crippen molar-refractivity contribution in [2.45, 2.75) is 18.9 Å². The molecule has 3 nitrogen and oxygen atoms in total. The van der Waals surface area contributed by atoms with Crippen LogP contribution in [0.1, 0.15) is 12.8 Å². The fraction of sp³-hybridized carbons (Fsp3) is 1.00. The molecule has 0 amide bonds. The Morgan fingerprint density at radius 2 is 2.45 bits per heavy atom. The fourth-order valence-electron chi connectivity index (χ4n) is 1.72. The standard InChI is InChI=1S/C8H18N2O/c1-10-3-2-7(5-10)4-8(9)6-11/h7-8,11H,2-6,9H2,1H3. The van der Waals surface area contributed by atoms with E-state index in [1.807, 2.05) is 0 Å². The number of nitrogens with zero attached hydrogens (tertiary/aromatic N) is 1. The SMILES string of the molecule is CN1CCC(CC(N)CO)C1. The van der Waals surface area contributed by atoms with Crippen LogP contribution >= 0.6 is 0 Å². The van der Waals surface area contributed by atoms with E-state index in [0.29, 0.717) is 5.92 Å². The number of aliphatic hydroxyl groups is 1. The minimum absolute atomic E-state index is 0.00787. The molecule has 0 aromatic rings. The highest BCUT2D eigenvalue weighted by Gasteiger charge is 2.20. The first-order valence-corrected chi connectivity index (χ1v) is 4.27. The van der Waals surface area contributed by atoms with Crippen molar-refractivity contribution in [3.8, 4) is 0 Å². The maximum atomic E-state index is 8.72. The smallest absolute Gasteiger partial charge is 0.0582 e. The lowest BCUT2D eigenvalue weighted by Crippen LogP contribution is -2.28. The lowest BCUT2D eigenvalue weighted by Gasteiger charge is -2.13. The van der Waals surface area contributed by atoms with Gasteiger partial charge < -0.3 is 15.7 Å². The van der Waals surface area contributed by atoms with E-state index in [9.17, 15) is 0 Å². The maximum Gasteiger partial charge on any atom is 0.0582 e. The third-order valence-electron chi connectivity index (χ3n) is 2.36. The summed E-state index contributed by atoms with van der Waals surface area (Å²) in [7, 11) is 2.13. The molecule has 3 heteroatoms. The van der Waals surface area contributed by atoms with E-state index in [4.69, 9.17) is 10.8 Å². The summed E-state index contributed by atoms with van der Waals surface area (Å²) < 4.78 is 0. The molecule has 0 bridgehead atoms. The average Bonchev–Trinajstić information content (AvgIpc) is 2.35. The first-order valence-electron chi connectivity index (χ1n) is 4.27. The lowest BCUT2D eigenvalue weighted by atomic mass is 10.0. The molecule has 0 aromatic carbocycles. The zero-order valence-electron chi connectivity index (χ0n) is 7.16. The van der Waals surface area contributed by atoms with Gasteiger partial charge >= 0.3 is 0 Å². The molecule has 1 saturated heterocycles. The highest BCUT2D eigenvalue weighted by atomic mass is 16.3. The van der Waals surface area contributed by atoms with Gasteiger partial charge in [0.15, 0.2) is 0 Å². The maximum absolute atomic E-state index is 8.72. The van der Waals surface area contributed by atoms with Crippen LogP contribution in [0.4, 0.5) is 0 Å². The van der Waals surface area contributed by atoms with Gasteiger partial charge in [-0.05, 0) is 32.4 Å². The van der Waals surface area contributed by atoms with Crippen LogP contribution in [0.25, 0.3) is 0 Å². The number of nitrogens with two attached hydrogens (primary N) is 1. The summed E-state index contributed by atoms with van der Waals surface area (Å²) in [5.74, 6) is 0.710. The summed E-state index contributed by atoms with van der Waals surface area (Å²) in [4.78, 5) is 2.31. The Morgan fingerprint density at radius 3 is 2.91 bits per heavy atom. The van der Waals surface area contributed by atoms with E-state index in [1.54, 1.807) is 0 Å². The summed E-state index contributed by atoms with van der Waals surface area (Å²) >= 11 is 0. The number of hydrogen-bond acceptors (Lipinski definition) is 3. The Morgan fingerprint density at radius 1 is 1.73 bits per heavy atom. The second-order valence-electron chi connectivity index (χ2n) is 3.60. The monoisotopic (exact) mass is 158 g/mol. The van der Waals surface area contributed by atoms with Crippen LogP contribution in [0.15, 0.2) is 0 Å². The average molecular weight is 158 g/mol. The number of rotatable bonds is 3. The fourth-order valence-corrected chi connectivity index (χ4v) is 1.72. The molecule has 2 atom stereocenters. The van der Waals surface area contributed by atoms with E-state index in [2.05, 4.69) is 11.9 Å². The van der Waals surface area contributed by atoms with Crippen molar-refractivity contribution in [1.82, 2.24) is 4.90 Å². The van der Waals surface area contributed by atoms with Crippen LogP contribution in [0, 0.1) is 5.92 Å². The molecule has 1 aliphatic rings. The van der Waals surface area contributed by atoms with E-state index < -0.39 is 0 Å². The van der Waals surface area contributed by atoms with Gasteiger partial charge in [0.2, 0.25) is 0 Å². The van der Waals surface area contributed by atoms with Gasteiger partial charge in [-0.15, -0.1) is 0 Å². The zero-order valence-corrected chi connectivity index (χ0v) is 7.16. The molecule has 0 aromatic heterocycles. The quantitative estimate of drug-likeness (QED) is 0.590. The first kappa shape index (κ1) is 8.97. The highest BCUT2D eigenvalue weighted by Crippen LogP contribution is 2.18. The third kappa shape index (κ3) is 2.77. The summed E-state index contributed by atoms with van der Waals surface area (Å²) in [6, 6.07) is -0.00787. The Bertz CT molecular complexity index is 119. The van der Waals surface area contributed by atoms with Crippen molar-refractivity contribution in [2.24, 2.45) is 11.7 Å². The van der Waals surface area contributed by atoms with Crippen LogP contribution in [0.3, 0.4) is 0 Å². The van der Waals surface area contributed by atoms with Crippen molar-refractivity contribution >= 4 is 0 Å². The molecule has 1 aliphatic heterocycles. The van der Waals surface area contributed by atoms with Crippen LogP contribution in [0.5, 0.6) is 0 Å². The van der Waals surface area contributed by atoms with Crippen molar-refractivity contribution in [3.63, 3.8) is 0 Å². The van der Waals surface area contributed by atoms with Crippen LogP contribution in [0.2, 0.25) is 0 Å². The van der Waals surface area contributed by atoms with Gasteiger partial charge in [-0.3, -0.25) is 0 Å². The minimum atomic E-state index is -0.00787. The van der Waals surface area contributed by atoms with Gasteiger partial charge in [0, 0.05) is 12.6 Å². The zero-order chi connectivity index (χ0) is 8.27. The molecule has 66 valence electrons. The van der Waals surface area contributed by atoms with E-state index in [0.717, 1.165) is 13.0 Å². The van der Waals surface area contributed by atoms with Crippen LogP contribution < -0.4 is 5.73 Å². The molecule has 1 heterocycles.